The van der Waals surface area contributed by atoms with Crippen LogP contribution in [0.2, 0.25) is 0 Å². The van der Waals surface area contributed by atoms with Gasteiger partial charge < -0.3 is 4.90 Å². The quantitative estimate of drug-likeness (QED) is 0.291. The molecule has 5 heteroatoms. The molecule has 0 amide bonds. The summed E-state index contributed by atoms with van der Waals surface area (Å²) >= 11 is 5.49. The van der Waals surface area contributed by atoms with Gasteiger partial charge >= 0.3 is 0 Å². The zero-order chi connectivity index (χ0) is 20.6. The Balaban J connectivity index is 1.41. The number of Topliss-reactive ketones (excluding diaryl/α,β-unsaturated/α-hetero) is 2. The van der Waals surface area contributed by atoms with Crippen molar-refractivity contribution >= 4 is 28.8 Å². The lowest BCUT2D eigenvalue weighted by molar-refractivity contribution is -0.124. The van der Waals surface area contributed by atoms with E-state index in [-0.39, 0.29) is 17.5 Å². The first-order chi connectivity index (χ1) is 14.1. The molecule has 0 bridgehead atoms. The molecule has 29 heavy (non-hydrogen) atoms. The number of hydrogen-bond acceptors (Lipinski definition) is 4. The van der Waals surface area contributed by atoms with Gasteiger partial charge in [-0.25, -0.2) is 0 Å². The third-order valence-electron chi connectivity index (χ3n) is 5.95. The van der Waals surface area contributed by atoms with Crippen molar-refractivity contribution in [2.24, 2.45) is 0 Å². The fraction of sp³-hybridized carbons (Fsp3) is 0.542. The van der Waals surface area contributed by atoms with Crippen molar-refractivity contribution in [1.82, 2.24) is 9.80 Å². The first kappa shape index (κ1) is 21.8. The van der Waals surface area contributed by atoms with E-state index in [1.807, 2.05) is 36.4 Å². The number of carbonyl (C=O) groups excluding carboxylic acids is 2. The van der Waals surface area contributed by atoms with Crippen molar-refractivity contribution in [3.05, 3.63) is 47.5 Å². The van der Waals surface area contributed by atoms with Gasteiger partial charge in [0.1, 0.15) is 0 Å². The topological polar surface area (TPSA) is 40.6 Å². The summed E-state index contributed by atoms with van der Waals surface area (Å²) in [7, 11) is 0. The molecule has 1 saturated heterocycles. The van der Waals surface area contributed by atoms with Crippen LogP contribution < -0.4 is 0 Å². The molecule has 0 atom stereocenters. The molecule has 0 radical (unpaired) electrons. The molecule has 1 heterocycles. The summed E-state index contributed by atoms with van der Waals surface area (Å²) < 4.78 is 0. The lowest BCUT2D eigenvalue weighted by Crippen LogP contribution is -2.48. The smallest absolute Gasteiger partial charge is 0.166 e. The van der Waals surface area contributed by atoms with Gasteiger partial charge in [-0.1, -0.05) is 55.5 Å². The number of carbonyl (C=O) groups is 2. The van der Waals surface area contributed by atoms with Crippen LogP contribution in [0, 0.1) is 0 Å². The van der Waals surface area contributed by atoms with Gasteiger partial charge in [0.2, 0.25) is 0 Å². The van der Waals surface area contributed by atoms with Gasteiger partial charge in [-0.3, -0.25) is 14.5 Å². The van der Waals surface area contributed by atoms with Crippen LogP contribution in [-0.4, -0.2) is 59.1 Å². The second-order valence-electron chi connectivity index (χ2n) is 8.09. The van der Waals surface area contributed by atoms with Crippen molar-refractivity contribution in [1.29, 1.82) is 0 Å². The molecule has 1 saturated carbocycles. The monoisotopic (exact) mass is 412 g/mol. The molecule has 2 fully saturated rings. The molecular formula is C24H32N2O2S. The predicted molar refractivity (Wildman–Crippen MR) is 121 cm³/mol. The van der Waals surface area contributed by atoms with E-state index in [9.17, 15) is 9.59 Å². The van der Waals surface area contributed by atoms with Crippen LogP contribution in [0.3, 0.4) is 0 Å². The fourth-order valence-corrected chi connectivity index (χ4v) is 4.62. The SMILES string of the molecule is CCCC(=S)N1CCN(CCCC=C2C(=O)CC(c3ccccc3)CC2=O)CC1. The summed E-state index contributed by atoms with van der Waals surface area (Å²) in [5.41, 5.74) is 1.53. The molecule has 0 aromatic heterocycles. The molecule has 0 unspecified atom stereocenters. The summed E-state index contributed by atoms with van der Waals surface area (Å²) in [5.74, 6) is 0.0461. The number of benzene rings is 1. The van der Waals surface area contributed by atoms with Crippen molar-refractivity contribution in [2.45, 2.75) is 51.4 Å². The number of ketones is 2. The highest BCUT2D eigenvalue weighted by Gasteiger charge is 2.30. The predicted octanol–water partition coefficient (Wildman–Crippen LogP) is 4.15. The molecule has 2 aliphatic rings. The van der Waals surface area contributed by atoms with Crippen molar-refractivity contribution in [3.63, 3.8) is 0 Å². The van der Waals surface area contributed by atoms with Crippen LogP contribution in [0.4, 0.5) is 0 Å². The van der Waals surface area contributed by atoms with E-state index in [1.54, 1.807) is 0 Å². The number of nitrogens with zero attached hydrogens (tertiary/aromatic N) is 2. The number of unbranched alkanes of at least 4 members (excludes halogenated alkanes) is 1. The first-order valence-electron chi connectivity index (χ1n) is 10.9. The molecule has 0 spiro atoms. The van der Waals surface area contributed by atoms with Gasteiger partial charge in [-0.2, -0.15) is 0 Å². The van der Waals surface area contributed by atoms with Crippen LogP contribution in [0.25, 0.3) is 0 Å². The van der Waals surface area contributed by atoms with Crippen molar-refractivity contribution in [2.75, 3.05) is 32.7 Å². The largest absolute Gasteiger partial charge is 0.364 e. The molecule has 1 aromatic rings. The normalized spacial score (nSPS) is 20.8. The van der Waals surface area contributed by atoms with Gasteiger partial charge in [-0.05, 0) is 43.7 Å². The van der Waals surface area contributed by atoms with Crippen LogP contribution in [0.5, 0.6) is 0 Å². The third kappa shape index (κ3) is 6.06. The van der Waals surface area contributed by atoms with Crippen LogP contribution in [0.1, 0.15) is 56.9 Å². The van der Waals surface area contributed by atoms with Crippen LogP contribution >= 0.6 is 12.2 Å². The number of rotatable bonds is 7. The van der Waals surface area contributed by atoms with Gasteiger partial charge in [-0.15, -0.1) is 0 Å². The highest BCUT2D eigenvalue weighted by molar-refractivity contribution is 7.80. The van der Waals surface area contributed by atoms with E-state index in [0.29, 0.717) is 18.4 Å². The third-order valence-corrected chi connectivity index (χ3v) is 6.41. The van der Waals surface area contributed by atoms with Gasteiger partial charge in [0.05, 0.1) is 10.6 Å². The molecule has 156 valence electrons. The fourth-order valence-electron chi connectivity index (χ4n) is 4.24. The van der Waals surface area contributed by atoms with E-state index in [0.717, 1.165) is 69.0 Å². The maximum atomic E-state index is 12.5. The summed E-state index contributed by atoms with van der Waals surface area (Å²) in [4.78, 5) is 30.9. The molecule has 1 aliphatic carbocycles. The Morgan fingerprint density at radius 3 is 2.34 bits per heavy atom. The number of allylic oxidation sites excluding steroid dienone is 2. The minimum Gasteiger partial charge on any atom is -0.364 e. The second-order valence-corrected chi connectivity index (χ2v) is 8.57. The highest BCUT2D eigenvalue weighted by Crippen LogP contribution is 2.31. The zero-order valence-electron chi connectivity index (χ0n) is 17.4. The van der Waals surface area contributed by atoms with E-state index >= 15 is 0 Å². The Bertz CT molecular complexity index is 731. The van der Waals surface area contributed by atoms with Crippen LogP contribution in [0.15, 0.2) is 42.0 Å². The minimum absolute atomic E-state index is 0.00755. The Morgan fingerprint density at radius 2 is 1.72 bits per heavy atom. The van der Waals surface area contributed by atoms with Crippen molar-refractivity contribution in [3.8, 4) is 0 Å². The second kappa shape index (κ2) is 10.8. The summed E-state index contributed by atoms with van der Waals surface area (Å²) in [6.07, 6.45) is 6.66. The Morgan fingerprint density at radius 1 is 1.07 bits per heavy atom. The highest BCUT2D eigenvalue weighted by atomic mass is 32.1. The molecular weight excluding hydrogens is 380 g/mol. The zero-order valence-corrected chi connectivity index (χ0v) is 18.3. The lowest BCUT2D eigenvalue weighted by atomic mass is 9.79. The van der Waals surface area contributed by atoms with E-state index < -0.39 is 0 Å². The molecule has 0 N–H and O–H groups in total. The lowest BCUT2D eigenvalue weighted by Gasteiger charge is -2.36. The first-order valence-corrected chi connectivity index (χ1v) is 11.3. The summed E-state index contributed by atoms with van der Waals surface area (Å²) in [6.45, 7) is 7.28. The minimum atomic E-state index is 0.00755. The molecule has 4 nitrogen and oxygen atoms in total. The number of thiocarbonyl (C=S) groups is 1. The standard InChI is InChI=1S/C24H32N2O2S/c1-2-8-24(29)26-15-13-25(14-16-26)12-7-6-11-21-22(27)17-20(18-23(21)28)19-9-4-3-5-10-19/h3-5,9-11,20H,2,6-8,12-18H2,1H3. The number of piperazine rings is 1. The van der Waals surface area contributed by atoms with Gasteiger partial charge in [0.25, 0.3) is 0 Å². The number of hydrogen-bond donors (Lipinski definition) is 0. The van der Waals surface area contributed by atoms with Crippen molar-refractivity contribution < 1.29 is 9.59 Å². The maximum Gasteiger partial charge on any atom is 0.166 e. The van der Waals surface area contributed by atoms with E-state index in [4.69, 9.17) is 12.2 Å². The average Bonchev–Trinajstić information content (AvgIpc) is 2.74. The molecule has 1 aromatic carbocycles. The maximum absolute atomic E-state index is 12.5. The summed E-state index contributed by atoms with van der Waals surface area (Å²) in [5, 5.41) is 0. The Hall–Kier alpha value is -1.85. The molecule has 1 aliphatic heterocycles. The van der Waals surface area contributed by atoms with E-state index in [2.05, 4.69) is 16.7 Å². The van der Waals surface area contributed by atoms with Gasteiger partial charge in [0.15, 0.2) is 11.6 Å². The Kier molecular flexibility index (Phi) is 8.13. The van der Waals surface area contributed by atoms with Gasteiger partial charge in [0, 0.05) is 39.0 Å². The Labute approximate surface area is 180 Å². The van der Waals surface area contributed by atoms with E-state index in [1.165, 1.54) is 0 Å². The average molecular weight is 413 g/mol. The molecule has 3 rings (SSSR count). The van der Waals surface area contributed by atoms with Crippen LogP contribution in [-0.2, 0) is 9.59 Å². The summed E-state index contributed by atoms with van der Waals surface area (Å²) in [6, 6.07) is 9.91.